The molecule has 0 saturated carbocycles. The van der Waals surface area contributed by atoms with Gasteiger partial charge < -0.3 is 0 Å². The van der Waals surface area contributed by atoms with Crippen molar-refractivity contribution in [2.75, 3.05) is 6.54 Å². The van der Waals surface area contributed by atoms with Crippen LogP contribution in [0.25, 0.3) is 0 Å². The molecule has 1 aromatic carbocycles. The summed E-state index contributed by atoms with van der Waals surface area (Å²) in [4.78, 5) is 0.291. The van der Waals surface area contributed by atoms with Gasteiger partial charge in [0.05, 0.1) is 4.90 Å². The Kier molecular flexibility index (Phi) is 4.29. The van der Waals surface area contributed by atoms with E-state index in [1.165, 1.54) is 0 Å². The van der Waals surface area contributed by atoms with E-state index in [1.54, 1.807) is 12.1 Å². The maximum atomic E-state index is 11.9. The summed E-state index contributed by atoms with van der Waals surface area (Å²) in [6.07, 6.45) is 0. The normalized spacial score (nSPS) is 11.4. The van der Waals surface area contributed by atoms with Crippen molar-refractivity contribution in [1.82, 2.24) is 4.72 Å². The topological polar surface area (TPSA) is 46.2 Å². The van der Waals surface area contributed by atoms with Crippen molar-refractivity contribution in [2.24, 2.45) is 0 Å². The number of aryl methyl sites for hydroxylation is 2. The fraction of sp³-hybridized carbons (Fsp3) is 0.273. The molecule has 0 radical (unpaired) electrons. The second kappa shape index (κ2) is 5.12. The Hall–Kier alpha value is -0.650. The summed E-state index contributed by atoms with van der Waals surface area (Å²) in [5.41, 5.74) is 1.86. The van der Waals surface area contributed by atoms with Crippen LogP contribution in [0.1, 0.15) is 11.1 Å². The molecule has 0 atom stereocenters. The summed E-state index contributed by atoms with van der Waals surface area (Å²) in [7, 11) is -3.44. The van der Waals surface area contributed by atoms with Crippen LogP contribution in [0.4, 0.5) is 0 Å². The molecule has 0 aliphatic carbocycles. The van der Waals surface area contributed by atoms with Crippen molar-refractivity contribution >= 4 is 26.0 Å². The minimum Gasteiger partial charge on any atom is -0.207 e. The first-order valence-electron chi connectivity index (χ1n) is 4.72. The number of sulfonamides is 1. The Morgan fingerprint density at radius 2 is 1.81 bits per heavy atom. The number of hydrogen-bond donors (Lipinski definition) is 1. The molecule has 16 heavy (non-hydrogen) atoms. The average Bonchev–Trinajstić information content (AvgIpc) is 2.13. The Morgan fingerprint density at radius 1 is 1.31 bits per heavy atom. The Labute approximate surface area is 105 Å². The molecule has 1 rings (SSSR count). The van der Waals surface area contributed by atoms with Crippen LogP contribution in [0.5, 0.6) is 0 Å². The van der Waals surface area contributed by atoms with E-state index in [4.69, 9.17) is 0 Å². The van der Waals surface area contributed by atoms with E-state index in [1.807, 2.05) is 19.9 Å². The lowest BCUT2D eigenvalue weighted by Gasteiger charge is -2.07. The molecular formula is C11H14BrNO2S. The SMILES string of the molecule is C=C(Br)CNS(=O)(=O)c1cc(C)cc(C)c1. The molecule has 88 valence electrons. The first-order valence-corrected chi connectivity index (χ1v) is 7.00. The fourth-order valence-electron chi connectivity index (χ4n) is 1.34. The van der Waals surface area contributed by atoms with Crippen LogP contribution in [0.3, 0.4) is 0 Å². The zero-order chi connectivity index (χ0) is 12.3. The van der Waals surface area contributed by atoms with Gasteiger partial charge in [-0.25, -0.2) is 13.1 Å². The highest BCUT2D eigenvalue weighted by Crippen LogP contribution is 2.14. The molecule has 0 aromatic heterocycles. The van der Waals surface area contributed by atoms with Gasteiger partial charge in [-0.15, -0.1) is 0 Å². The number of rotatable bonds is 4. The molecule has 5 heteroatoms. The molecule has 0 fully saturated rings. The molecular weight excluding hydrogens is 290 g/mol. The predicted octanol–water partition coefficient (Wildman–Crippen LogP) is 2.49. The summed E-state index contributed by atoms with van der Waals surface area (Å²) in [6, 6.07) is 5.22. The maximum absolute atomic E-state index is 11.9. The second-order valence-electron chi connectivity index (χ2n) is 3.67. The van der Waals surface area contributed by atoms with Gasteiger partial charge in [-0.1, -0.05) is 28.6 Å². The van der Waals surface area contributed by atoms with E-state index in [0.717, 1.165) is 11.1 Å². The van der Waals surface area contributed by atoms with Crippen molar-refractivity contribution in [3.63, 3.8) is 0 Å². The van der Waals surface area contributed by atoms with Gasteiger partial charge in [0.15, 0.2) is 0 Å². The molecule has 0 bridgehead atoms. The van der Waals surface area contributed by atoms with Crippen LogP contribution >= 0.6 is 15.9 Å². The molecule has 0 spiro atoms. The number of nitrogens with one attached hydrogen (secondary N) is 1. The highest BCUT2D eigenvalue weighted by molar-refractivity contribution is 9.11. The van der Waals surface area contributed by atoms with Crippen molar-refractivity contribution < 1.29 is 8.42 Å². The summed E-state index contributed by atoms with van der Waals surface area (Å²) in [6.45, 7) is 7.51. The van der Waals surface area contributed by atoms with E-state index < -0.39 is 10.0 Å². The molecule has 1 N–H and O–H groups in total. The van der Waals surface area contributed by atoms with Gasteiger partial charge in [0.25, 0.3) is 0 Å². The van der Waals surface area contributed by atoms with Crippen LogP contribution < -0.4 is 4.72 Å². The van der Waals surface area contributed by atoms with Gasteiger partial charge in [0.1, 0.15) is 0 Å². The quantitative estimate of drug-likeness (QED) is 0.929. The lowest BCUT2D eigenvalue weighted by molar-refractivity contribution is 0.585. The highest BCUT2D eigenvalue weighted by Gasteiger charge is 2.14. The number of benzene rings is 1. The van der Waals surface area contributed by atoms with E-state index in [0.29, 0.717) is 9.38 Å². The van der Waals surface area contributed by atoms with Gasteiger partial charge in [-0.2, -0.15) is 0 Å². The van der Waals surface area contributed by atoms with Gasteiger partial charge in [-0.3, -0.25) is 0 Å². The zero-order valence-corrected chi connectivity index (χ0v) is 11.7. The van der Waals surface area contributed by atoms with Crippen LogP contribution in [0, 0.1) is 13.8 Å². The first-order chi connectivity index (χ1) is 7.31. The Bertz CT molecular complexity index is 488. The van der Waals surface area contributed by atoms with E-state index in [2.05, 4.69) is 27.2 Å². The van der Waals surface area contributed by atoms with Gasteiger partial charge >= 0.3 is 0 Å². The molecule has 0 saturated heterocycles. The monoisotopic (exact) mass is 303 g/mol. The maximum Gasteiger partial charge on any atom is 0.240 e. The third-order valence-electron chi connectivity index (χ3n) is 1.96. The molecule has 0 aliphatic heterocycles. The first kappa shape index (κ1) is 13.4. The van der Waals surface area contributed by atoms with E-state index in [-0.39, 0.29) is 6.54 Å². The van der Waals surface area contributed by atoms with E-state index >= 15 is 0 Å². The summed E-state index contributed by atoms with van der Waals surface area (Å²) in [5, 5.41) is 0. The Balaban J connectivity index is 3.02. The minimum absolute atomic E-state index is 0.190. The van der Waals surface area contributed by atoms with Crippen molar-refractivity contribution in [1.29, 1.82) is 0 Å². The summed E-state index contributed by atoms with van der Waals surface area (Å²) < 4.78 is 26.8. The second-order valence-corrected chi connectivity index (χ2v) is 6.55. The van der Waals surface area contributed by atoms with Crippen LogP contribution in [-0.2, 0) is 10.0 Å². The molecule has 3 nitrogen and oxygen atoms in total. The van der Waals surface area contributed by atoms with Gasteiger partial charge in [-0.05, 0) is 37.1 Å². The summed E-state index contributed by atoms with van der Waals surface area (Å²) in [5.74, 6) is 0. The molecule has 0 amide bonds. The van der Waals surface area contributed by atoms with Crippen LogP contribution in [0.15, 0.2) is 34.2 Å². The van der Waals surface area contributed by atoms with Crippen LogP contribution in [0.2, 0.25) is 0 Å². The van der Waals surface area contributed by atoms with Crippen molar-refractivity contribution in [3.05, 3.63) is 40.4 Å². The molecule has 0 aliphatic rings. The van der Waals surface area contributed by atoms with Gasteiger partial charge in [0, 0.05) is 11.0 Å². The van der Waals surface area contributed by atoms with Crippen LogP contribution in [-0.4, -0.2) is 15.0 Å². The largest absolute Gasteiger partial charge is 0.240 e. The molecule has 0 unspecified atom stereocenters. The lowest BCUT2D eigenvalue weighted by atomic mass is 10.2. The average molecular weight is 304 g/mol. The van der Waals surface area contributed by atoms with E-state index in [9.17, 15) is 8.42 Å². The third kappa shape index (κ3) is 3.73. The minimum atomic E-state index is -3.44. The Morgan fingerprint density at radius 3 is 2.25 bits per heavy atom. The highest BCUT2D eigenvalue weighted by atomic mass is 79.9. The molecule has 1 aromatic rings. The van der Waals surface area contributed by atoms with Crippen molar-refractivity contribution in [2.45, 2.75) is 18.7 Å². The number of halogens is 1. The predicted molar refractivity (Wildman–Crippen MR) is 69.2 cm³/mol. The lowest BCUT2D eigenvalue weighted by Crippen LogP contribution is -2.24. The summed E-state index contributed by atoms with van der Waals surface area (Å²) >= 11 is 3.11. The molecule has 0 heterocycles. The van der Waals surface area contributed by atoms with Crippen molar-refractivity contribution in [3.8, 4) is 0 Å². The zero-order valence-electron chi connectivity index (χ0n) is 9.25. The number of hydrogen-bond acceptors (Lipinski definition) is 2. The van der Waals surface area contributed by atoms with Gasteiger partial charge in [0.2, 0.25) is 10.0 Å². The third-order valence-corrected chi connectivity index (χ3v) is 3.62. The standard InChI is InChI=1S/C11H14BrNO2S/c1-8-4-9(2)6-11(5-8)16(14,15)13-7-10(3)12/h4-6,13H,3,7H2,1-2H3. The fourth-order valence-corrected chi connectivity index (χ4v) is 2.88. The smallest absolute Gasteiger partial charge is 0.207 e.